The number of unbranched alkanes of at least 4 members (excludes halogenated alkanes) is 18. The molecule has 0 aliphatic heterocycles. The van der Waals surface area contributed by atoms with Crippen molar-refractivity contribution >= 4 is 0 Å². The smallest absolute Gasteiger partial charge is 0.0782 e. The van der Waals surface area contributed by atoms with E-state index in [4.69, 9.17) is 0 Å². The number of hydrogen-bond donors (Lipinski definition) is 0. The quantitative estimate of drug-likeness (QED) is 0.0967. The van der Waals surface area contributed by atoms with Crippen LogP contribution < -0.4 is 24.0 Å². The summed E-state index contributed by atoms with van der Waals surface area (Å²) in [4.78, 5) is 0. The van der Waals surface area contributed by atoms with E-state index in [2.05, 4.69) is 27.9 Å². The van der Waals surface area contributed by atoms with Crippen molar-refractivity contribution in [1.29, 1.82) is 0 Å². The minimum Gasteiger partial charge on any atom is -1.00 e. The molecule has 0 radical (unpaired) electrons. The number of halogens is 1. The monoisotopic (exact) mass is 509 g/mol. The maximum absolute atomic E-state index is 2.45. The zero-order valence-electron chi connectivity index (χ0n) is 20.4. The van der Waals surface area contributed by atoms with Gasteiger partial charge >= 0.3 is 0 Å². The average molecular weight is 510 g/mol. The van der Waals surface area contributed by atoms with Crippen LogP contribution in [0.4, 0.5) is 0 Å². The molecule has 1 nitrogen and oxygen atoms in total. The fraction of sp³-hybridized carbons (Fsp3) is 1.00. The standard InChI is InChI=1S/C26H56N.HI/c1-5-7-9-11-13-15-17-19-21-23-25-27(3,4)26-24-22-20-18-16-14-12-10-8-6-2;/h5-26H2,1-4H3;1H/q+1;/p-1. The lowest BCUT2D eigenvalue weighted by atomic mass is 10.1. The third-order valence-corrected chi connectivity index (χ3v) is 6.23. The molecular formula is C26H56IN. The molecule has 0 bridgehead atoms. The minimum absolute atomic E-state index is 0. The van der Waals surface area contributed by atoms with Crippen LogP contribution in [0.25, 0.3) is 0 Å². The molecule has 0 heterocycles. The SMILES string of the molecule is CCCCCCCCCCCC[N+](C)(C)CCCCCCCCCCCC.[I-]. The van der Waals surface area contributed by atoms with Crippen LogP contribution in [0.5, 0.6) is 0 Å². The van der Waals surface area contributed by atoms with E-state index in [1.807, 2.05) is 0 Å². The van der Waals surface area contributed by atoms with Crippen LogP contribution in [-0.2, 0) is 0 Å². The van der Waals surface area contributed by atoms with Crippen LogP contribution in [0.1, 0.15) is 142 Å². The summed E-state index contributed by atoms with van der Waals surface area (Å²) in [7, 11) is 4.89. The van der Waals surface area contributed by atoms with Gasteiger partial charge in [0, 0.05) is 0 Å². The van der Waals surface area contributed by atoms with Gasteiger partial charge < -0.3 is 28.5 Å². The molecule has 2 heteroatoms. The predicted molar refractivity (Wildman–Crippen MR) is 126 cm³/mol. The van der Waals surface area contributed by atoms with Gasteiger partial charge in [-0.2, -0.15) is 0 Å². The van der Waals surface area contributed by atoms with E-state index >= 15 is 0 Å². The van der Waals surface area contributed by atoms with Gasteiger partial charge in [-0.1, -0.05) is 117 Å². The van der Waals surface area contributed by atoms with E-state index in [1.165, 1.54) is 146 Å². The highest BCUT2D eigenvalue weighted by Crippen LogP contribution is 2.14. The van der Waals surface area contributed by atoms with E-state index in [-0.39, 0.29) is 24.0 Å². The fourth-order valence-electron chi connectivity index (χ4n) is 4.17. The number of hydrogen-bond acceptors (Lipinski definition) is 0. The van der Waals surface area contributed by atoms with Gasteiger partial charge in [-0.25, -0.2) is 0 Å². The largest absolute Gasteiger partial charge is 1.00 e. The molecule has 0 saturated heterocycles. The molecule has 0 fully saturated rings. The maximum Gasteiger partial charge on any atom is 0.0782 e. The molecular weight excluding hydrogens is 453 g/mol. The highest BCUT2D eigenvalue weighted by Gasteiger charge is 2.13. The zero-order valence-corrected chi connectivity index (χ0v) is 22.5. The first-order chi connectivity index (χ1) is 13.1. The summed E-state index contributed by atoms with van der Waals surface area (Å²) < 4.78 is 1.24. The summed E-state index contributed by atoms with van der Waals surface area (Å²) in [6, 6.07) is 0. The molecule has 172 valence electrons. The fourth-order valence-corrected chi connectivity index (χ4v) is 4.17. The van der Waals surface area contributed by atoms with Crippen molar-refractivity contribution < 1.29 is 28.5 Å². The van der Waals surface area contributed by atoms with Gasteiger partial charge in [0.2, 0.25) is 0 Å². The van der Waals surface area contributed by atoms with Crippen molar-refractivity contribution in [3.8, 4) is 0 Å². The molecule has 0 N–H and O–H groups in total. The third-order valence-electron chi connectivity index (χ3n) is 6.23. The van der Waals surface area contributed by atoms with Crippen molar-refractivity contribution in [3.63, 3.8) is 0 Å². The molecule has 0 rings (SSSR count). The first-order valence-corrected chi connectivity index (χ1v) is 12.9. The third kappa shape index (κ3) is 24.7. The maximum atomic E-state index is 2.45. The molecule has 0 aromatic carbocycles. The Kier molecular flexibility index (Phi) is 26.4. The van der Waals surface area contributed by atoms with Crippen molar-refractivity contribution in [2.45, 2.75) is 142 Å². The molecule has 0 atom stereocenters. The van der Waals surface area contributed by atoms with Crippen molar-refractivity contribution in [3.05, 3.63) is 0 Å². The molecule has 0 saturated carbocycles. The summed E-state index contributed by atoms with van der Waals surface area (Å²) in [6.07, 6.45) is 29.0. The van der Waals surface area contributed by atoms with Crippen LogP contribution in [0.15, 0.2) is 0 Å². The molecule has 0 aliphatic carbocycles. The number of quaternary nitrogens is 1. The second kappa shape index (κ2) is 24.0. The molecule has 28 heavy (non-hydrogen) atoms. The van der Waals surface area contributed by atoms with Crippen molar-refractivity contribution in [2.75, 3.05) is 27.2 Å². The van der Waals surface area contributed by atoms with Crippen LogP contribution in [0.3, 0.4) is 0 Å². The Hall–Kier alpha value is 0.690. The van der Waals surface area contributed by atoms with Gasteiger partial charge in [-0.3, -0.25) is 0 Å². The van der Waals surface area contributed by atoms with Gasteiger partial charge in [0.1, 0.15) is 0 Å². The minimum atomic E-state index is 0. The van der Waals surface area contributed by atoms with Gasteiger partial charge in [0.05, 0.1) is 27.2 Å². The van der Waals surface area contributed by atoms with Crippen molar-refractivity contribution in [2.24, 2.45) is 0 Å². The van der Waals surface area contributed by atoms with Crippen LogP contribution in [-0.4, -0.2) is 31.7 Å². The van der Waals surface area contributed by atoms with E-state index < -0.39 is 0 Å². The normalized spacial score (nSPS) is 11.6. The lowest BCUT2D eigenvalue weighted by molar-refractivity contribution is -0.890. The Labute approximate surface area is 197 Å². The first kappa shape index (κ1) is 30.9. The highest BCUT2D eigenvalue weighted by atomic mass is 127. The lowest BCUT2D eigenvalue weighted by Crippen LogP contribution is -3.00. The summed E-state index contributed by atoms with van der Waals surface area (Å²) in [5.41, 5.74) is 0. The zero-order chi connectivity index (χ0) is 20.1. The Morgan fingerprint density at radius 1 is 0.357 bits per heavy atom. The van der Waals surface area contributed by atoms with Crippen molar-refractivity contribution in [1.82, 2.24) is 0 Å². The molecule has 0 spiro atoms. The summed E-state index contributed by atoms with van der Waals surface area (Å²) in [6.45, 7) is 7.37. The molecule has 0 aromatic rings. The van der Waals surface area contributed by atoms with Gasteiger partial charge in [0.15, 0.2) is 0 Å². The second-order valence-corrected chi connectivity index (χ2v) is 9.75. The van der Waals surface area contributed by atoms with Crippen LogP contribution >= 0.6 is 0 Å². The predicted octanol–water partition coefficient (Wildman–Crippen LogP) is 5.91. The highest BCUT2D eigenvalue weighted by molar-refractivity contribution is 4.50. The second-order valence-electron chi connectivity index (χ2n) is 9.75. The summed E-state index contributed by atoms with van der Waals surface area (Å²) >= 11 is 0. The van der Waals surface area contributed by atoms with Gasteiger partial charge in [-0.15, -0.1) is 0 Å². The Balaban J connectivity index is 0. The topological polar surface area (TPSA) is 0 Å². The van der Waals surface area contributed by atoms with E-state index in [0.29, 0.717) is 0 Å². The molecule has 0 amide bonds. The van der Waals surface area contributed by atoms with Crippen LogP contribution in [0.2, 0.25) is 0 Å². The molecule has 0 aromatic heterocycles. The van der Waals surface area contributed by atoms with Gasteiger partial charge in [0.25, 0.3) is 0 Å². The van der Waals surface area contributed by atoms with Crippen LogP contribution in [0, 0.1) is 0 Å². The Bertz CT molecular complexity index is 252. The van der Waals surface area contributed by atoms with E-state index in [1.54, 1.807) is 0 Å². The number of nitrogens with zero attached hydrogens (tertiary/aromatic N) is 1. The Morgan fingerprint density at radius 2 is 0.571 bits per heavy atom. The lowest BCUT2D eigenvalue weighted by Gasteiger charge is -2.30. The van der Waals surface area contributed by atoms with E-state index in [9.17, 15) is 0 Å². The number of rotatable bonds is 22. The molecule has 0 aliphatic rings. The van der Waals surface area contributed by atoms with E-state index in [0.717, 1.165) is 0 Å². The summed E-state index contributed by atoms with van der Waals surface area (Å²) in [5, 5.41) is 0. The van der Waals surface area contributed by atoms with Gasteiger partial charge in [-0.05, 0) is 25.7 Å². The first-order valence-electron chi connectivity index (χ1n) is 12.9. The Morgan fingerprint density at radius 3 is 0.821 bits per heavy atom. The molecule has 0 unspecified atom stereocenters. The summed E-state index contributed by atoms with van der Waals surface area (Å²) in [5.74, 6) is 0. The average Bonchev–Trinajstić information content (AvgIpc) is 2.64.